The molecule has 0 radical (unpaired) electrons. The van der Waals surface area contributed by atoms with Gasteiger partial charge in [0, 0.05) is 19.5 Å². The third kappa shape index (κ3) is 4.81. The molecule has 4 heteroatoms. The molecule has 1 aromatic carbocycles. The highest BCUT2D eigenvalue weighted by atomic mass is 16.4. The highest BCUT2D eigenvalue weighted by Crippen LogP contribution is 2.28. The molecule has 0 amide bonds. The lowest BCUT2D eigenvalue weighted by atomic mass is 9.99. The molecule has 0 fully saturated rings. The second kappa shape index (κ2) is 7.67. The van der Waals surface area contributed by atoms with Crippen LogP contribution in [0.25, 0.3) is 0 Å². The van der Waals surface area contributed by atoms with Crippen molar-refractivity contribution in [1.29, 1.82) is 0 Å². The summed E-state index contributed by atoms with van der Waals surface area (Å²) in [6.07, 6.45) is 2.03. The Morgan fingerprint density at radius 2 is 2.00 bits per heavy atom. The van der Waals surface area contributed by atoms with E-state index >= 15 is 0 Å². The Morgan fingerprint density at radius 1 is 1.32 bits per heavy atom. The summed E-state index contributed by atoms with van der Waals surface area (Å²) in [6.45, 7) is 5.48. The third-order valence-corrected chi connectivity index (χ3v) is 3.24. The van der Waals surface area contributed by atoms with Crippen LogP contribution in [0.15, 0.2) is 24.3 Å². The molecule has 1 unspecified atom stereocenters. The first kappa shape index (κ1) is 15.3. The second-order valence-corrected chi connectivity index (χ2v) is 4.78. The van der Waals surface area contributed by atoms with Crippen LogP contribution >= 0.6 is 0 Å². The minimum Gasteiger partial charge on any atom is -0.506 e. The summed E-state index contributed by atoms with van der Waals surface area (Å²) in [6, 6.07) is 7.18. The van der Waals surface area contributed by atoms with Crippen LogP contribution in [0.3, 0.4) is 0 Å². The summed E-state index contributed by atoms with van der Waals surface area (Å²) in [7, 11) is 0. The Morgan fingerprint density at radius 3 is 2.53 bits per heavy atom. The standard InChI is InChI=1S/C15H23NO3/c1-3-7-12(10-15(18)19)11-16(4-2)13-8-5-6-9-14(13)17/h5-6,8-9,12,17H,3-4,7,10-11H2,1-2H3,(H,18,19). The van der Waals surface area contributed by atoms with E-state index in [9.17, 15) is 9.90 Å². The van der Waals surface area contributed by atoms with Crippen LogP contribution in [0.4, 0.5) is 5.69 Å². The number of phenolic OH excluding ortho intramolecular Hbond substituents is 1. The Labute approximate surface area is 114 Å². The molecule has 0 aliphatic rings. The van der Waals surface area contributed by atoms with Crippen molar-refractivity contribution in [2.45, 2.75) is 33.1 Å². The van der Waals surface area contributed by atoms with Crippen molar-refractivity contribution < 1.29 is 15.0 Å². The molecule has 19 heavy (non-hydrogen) atoms. The van der Waals surface area contributed by atoms with Gasteiger partial charge in [0.05, 0.1) is 5.69 Å². The zero-order chi connectivity index (χ0) is 14.3. The molecule has 0 bridgehead atoms. The van der Waals surface area contributed by atoms with Crippen molar-refractivity contribution in [2.24, 2.45) is 5.92 Å². The number of anilines is 1. The lowest BCUT2D eigenvalue weighted by Crippen LogP contribution is -2.30. The van der Waals surface area contributed by atoms with Crippen molar-refractivity contribution >= 4 is 11.7 Å². The van der Waals surface area contributed by atoms with Crippen molar-refractivity contribution in [3.05, 3.63) is 24.3 Å². The molecule has 0 saturated heterocycles. The monoisotopic (exact) mass is 265 g/mol. The number of rotatable bonds is 8. The maximum Gasteiger partial charge on any atom is 0.303 e. The SMILES string of the molecule is CCCC(CC(=O)O)CN(CC)c1ccccc1O. The molecule has 0 spiro atoms. The van der Waals surface area contributed by atoms with Crippen LogP contribution in [-0.2, 0) is 4.79 Å². The van der Waals surface area contributed by atoms with E-state index in [0.717, 1.165) is 25.1 Å². The number of hydrogen-bond donors (Lipinski definition) is 2. The van der Waals surface area contributed by atoms with Gasteiger partial charge in [0.2, 0.25) is 0 Å². The maximum atomic E-state index is 10.9. The first-order valence-corrected chi connectivity index (χ1v) is 6.83. The van der Waals surface area contributed by atoms with Gasteiger partial charge in [-0.25, -0.2) is 0 Å². The van der Waals surface area contributed by atoms with E-state index in [0.29, 0.717) is 6.54 Å². The number of carbonyl (C=O) groups is 1. The fraction of sp³-hybridized carbons (Fsp3) is 0.533. The average Bonchev–Trinajstić information content (AvgIpc) is 2.36. The topological polar surface area (TPSA) is 60.8 Å². The summed E-state index contributed by atoms with van der Waals surface area (Å²) in [5, 5.41) is 18.8. The smallest absolute Gasteiger partial charge is 0.303 e. The Balaban J connectivity index is 2.79. The molecule has 2 N–H and O–H groups in total. The normalized spacial score (nSPS) is 12.1. The van der Waals surface area contributed by atoms with Gasteiger partial charge in [-0.1, -0.05) is 25.5 Å². The summed E-state index contributed by atoms with van der Waals surface area (Å²) in [5.41, 5.74) is 0.775. The molecule has 1 atom stereocenters. The molecule has 1 rings (SSSR count). The highest BCUT2D eigenvalue weighted by Gasteiger charge is 2.17. The number of carboxylic acids is 1. The van der Waals surface area contributed by atoms with Crippen LogP contribution in [0.1, 0.15) is 33.1 Å². The zero-order valence-electron chi connectivity index (χ0n) is 11.7. The third-order valence-electron chi connectivity index (χ3n) is 3.24. The lowest BCUT2D eigenvalue weighted by Gasteiger charge is -2.28. The minimum absolute atomic E-state index is 0.113. The van der Waals surface area contributed by atoms with Crippen LogP contribution < -0.4 is 4.90 Å². The Hall–Kier alpha value is -1.71. The number of aliphatic carboxylic acids is 1. The number of benzene rings is 1. The van der Waals surface area contributed by atoms with Crippen LogP contribution in [0.5, 0.6) is 5.75 Å². The van der Waals surface area contributed by atoms with Crippen molar-refractivity contribution in [1.82, 2.24) is 0 Å². The summed E-state index contributed by atoms with van der Waals surface area (Å²) < 4.78 is 0. The van der Waals surface area contributed by atoms with E-state index in [1.54, 1.807) is 12.1 Å². The van der Waals surface area contributed by atoms with E-state index in [-0.39, 0.29) is 18.1 Å². The van der Waals surface area contributed by atoms with Crippen molar-refractivity contribution in [3.8, 4) is 5.75 Å². The first-order chi connectivity index (χ1) is 9.08. The molecule has 0 aliphatic heterocycles. The molecule has 4 nitrogen and oxygen atoms in total. The van der Waals surface area contributed by atoms with E-state index in [1.165, 1.54) is 0 Å². The van der Waals surface area contributed by atoms with E-state index in [2.05, 4.69) is 6.92 Å². The molecular formula is C15H23NO3. The van der Waals surface area contributed by atoms with Gasteiger partial charge in [0.25, 0.3) is 0 Å². The summed E-state index contributed by atoms with van der Waals surface area (Å²) in [5.74, 6) is -0.399. The molecule has 0 saturated carbocycles. The number of aromatic hydroxyl groups is 1. The van der Waals surface area contributed by atoms with Gasteiger partial charge in [-0.3, -0.25) is 4.79 Å². The largest absolute Gasteiger partial charge is 0.506 e. The van der Waals surface area contributed by atoms with Gasteiger partial charge in [-0.15, -0.1) is 0 Å². The average molecular weight is 265 g/mol. The summed E-state index contributed by atoms with van der Waals surface area (Å²) >= 11 is 0. The van der Waals surface area contributed by atoms with Crippen molar-refractivity contribution in [2.75, 3.05) is 18.0 Å². The number of hydrogen-bond acceptors (Lipinski definition) is 3. The molecule has 0 aliphatic carbocycles. The number of para-hydroxylation sites is 2. The molecule has 0 aromatic heterocycles. The van der Waals surface area contributed by atoms with Crippen LogP contribution in [0.2, 0.25) is 0 Å². The van der Waals surface area contributed by atoms with Gasteiger partial charge in [0.1, 0.15) is 5.75 Å². The predicted octanol–water partition coefficient (Wildman–Crippen LogP) is 3.11. The highest BCUT2D eigenvalue weighted by molar-refractivity contribution is 5.67. The summed E-state index contributed by atoms with van der Waals surface area (Å²) in [4.78, 5) is 12.9. The van der Waals surface area contributed by atoms with Crippen LogP contribution in [-0.4, -0.2) is 29.3 Å². The molecule has 0 heterocycles. The van der Waals surface area contributed by atoms with Gasteiger partial charge < -0.3 is 15.1 Å². The number of carboxylic acid groups (broad SMARTS) is 1. The quantitative estimate of drug-likeness (QED) is 0.758. The molecule has 106 valence electrons. The number of phenols is 1. The first-order valence-electron chi connectivity index (χ1n) is 6.83. The van der Waals surface area contributed by atoms with Gasteiger partial charge in [-0.05, 0) is 31.4 Å². The lowest BCUT2D eigenvalue weighted by molar-refractivity contribution is -0.138. The van der Waals surface area contributed by atoms with Gasteiger partial charge in [0.15, 0.2) is 0 Å². The van der Waals surface area contributed by atoms with Crippen LogP contribution in [0, 0.1) is 5.92 Å². The van der Waals surface area contributed by atoms with Gasteiger partial charge >= 0.3 is 5.97 Å². The van der Waals surface area contributed by atoms with Crippen molar-refractivity contribution in [3.63, 3.8) is 0 Å². The fourth-order valence-corrected chi connectivity index (χ4v) is 2.35. The van der Waals surface area contributed by atoms with E-state index in [4.69, 9.17) is 5.11 Å². The molecule has 1 aromatic rings. The number of nitrogens with zero attached hydrogens (tertiary/aromatic N) is 1. The Kier molecular flexibility index (Phi) is 6.19. The zero-order valence-corrected chi connectivity index (χ0v) is 11.7. The maximum absolute atomic E-state index is 10.9. The van der Waals surface area contributed by atoms with Gasteiger partial charge in [-0.2, -0.15) is 0 Å². The second-order valence-electron chi connectivity index (χ2n) is 4.78. The molecular weight excluding hydrogens is 242 g/mol. The van der Waals surface area contributed by atoms with E-state index < -0.39 is 5.97 Å². The minimum atomic E-state index is -0.758. The Bertz CT molecular complexity index is 406. The fourth-order valence-electron chi connectivity index (χ4n) is 2.35. The van der Waals surface area contributed by atoms with E-state index in [1.807, 2.05) is 24.0 Å². The predicted molar refractivity (Wildman–Crippen MR) is 76.6 cm³/mol.